The van der Waals surface area contributed by atoms with Gasteiger partial charge in [0.2, 0.25) is 0 Å². The number of piperazine rings is 1. The highest BCUT2D eigenvalue weighted by Crippen LogP contribution is 2.28. The first kappa shape index (κ1) is 28.1. The molecule has 3 rings (SSSR count). The van der Waals surface area contributed by atoms with Crippen molar-refractivity contribution in [1.82, 2.24) is 5.32 Å². The lowest BCUT2D eigenvalue weighted by atomic mass is 10.1. The maximum atomic E-state index is 12.9. The summed E-state index contributed by atoms with van der Waals surface area (Å²) in [5, 5.41) is 10.4. The number of benzene rings is 2. The zero-order chi connectivity index (χ0) is 26.4. The van der Waals surface area contributed by atoms with Crippen LogP contribution in [0, 0.1) is 13.8 Å². The van der Waals surface area contributed by atoms with Gasteiger partial charge in [-0.1, -0.05) is 12.1 Å². The first-order valence-electron chi connectivity index (χ1n) is 10.2. The number of hydrogen-bond donors (Lipinski definition) is 3. The zero-order valence-electron chi connectivity index (χ0n) is 18.7. The van der Waals surface area contributed by atoms with Crippen LogP contribution in [0.3, 0.4) is 0 Å². The normalized spacial score (nSPS) is 14.2. The van der Waals surface area contributed by atoms with E-state index >= 15 is 0 Å². The molecule has 1 heterocycles. The van der Waals surface area contributed by atoms with E-state index in [1.54, 1.807) is 19.1 Å². The van der Waals surface area contributed by atoms with E-state index < -0.39 is 28.8 Å². The van der Waals surface area contributed by atoms with E-state index in [0.717, 1.165) is 37.4 Å². The first-order chi connectivity index (χ1) is 16.2. The average molecular weight is 525 g/mol. The summed E-state index contributed by atoms with van der Waals surface area (Å²) < 4.78 is 89.3. The predicted molar refractivity (Wildman–Crippen MR) is 119 cm³/mol. The smallest absolute Gasteiger partial charge is 0.475 e. The highest BCUT2D eigenvalue weighted by molar-refractivity contribution is 7.92. The molecule has 1 saturated heterocycles. The summed E-state index contributed by atoms with van der Waals surface area (Å²) in [5.74, 6) is -2.86. The monoisotopic (exact) mass is 525 g/mol. The molecular weight excluding hydrogens is 501 g/mol. The van der Waals surface area contributed by atoms with Gasteiger partial charge in [0.15, 0.2) is 0 Å². The van der Waals surface area contributed by atoms with Crippen LogP contribution >= 0.6 is 0 Å². The number of nitrogens with zero attached hydrogens (tertiary/aromatic N) is 1. The zero-order valence-corrected chi connectivity index (χ0v) is 19.5. The van der Waals surface area contributed by atoms with Gasteiger partial charge in [0.05, 0.1) is 10.6 Å². The maximum Gasteiger partial charge on any atom is 0.490 e. The Morgan fingerprint density at radius 1 is 1.09 bits per heavy atom. The van der Waals surface area contributed by atoms with E-state index in [1.807, 2.05) is 6.92 Å². The van der Waals surface area contributed by atoms with Gasteiger partial charge in [-0.15, -0.1) is 0 Å². The molecule has 35 heavy (non-hydrogen) atoms. The predicted octanol–water partition coefficient (Wildman–Crippen LogP) is 3.75. The fraction of sp³-hybridized carbons (Fsp3) is 0.381. The van der Waals surface area contributed by atoms with E-state index in [-0.39, 0.29) is 16.3 Å². The number of ether oxygens (including phenoxy) is 1. The van der Waals surface area contributed by atoms with E-state index in [1.165, 1.54) is 24.3 Å². The Morgan fingerprint density at radius 3 is 2.20 bits per heavy atom. The molecule has 0 atom stereocenters. The molecule has 2 aromatic rings. The number of rotatable bonds is 6. The minimum Gasteiger partial charge on any atom is -0.475 e. The number of sulfonamides is 1. The number of alkyl halides is 5. The van der Waals surface area contributed by atoms with Gasteiger partial charge in [0, 0.05) is 37.9 Å². The number of aryl methyl sites for hydroxylation is 2. The summed E-state index contributed by atoms with van der Waals surface area (Å²) in [6, 6.07) is 9.11. The molecule has 0 aliphatic carbocycles. The van der Waals surface area contributed by atoms with E-state index in [9.17, 15) is 30.4 Å². The lowest BCUT2D eigenvalue weighted by molar-refractivity contribution is -0.192. The number of carboxylic acids is 1. The van der Waals surface area contributed by atoms with Gasteiger partial charge < -0.3 is 20.1 Å². The van der Waals surface area contributed by atoms with Crippen molar-refractivity contribution in [2.24, 2.45) is 0 Å². The van der Waals surface area contributed by atoms with Crippen LogP contribution in [0.2, 0.25) is 0 Å². The Bertz CT molecular complexity index is 1140. The molecule has 0 saturated carbocycles. The number of aliphatic carboxylic acids is 1. The summed E-state index contributed by atoms with van der Waals surface area (Å²) in [4.78, 5) is 11.2. The SMILES string of the molecule is Cc1ccc(OC(F)F)cc1NS(=O)(=O)c1ccc(C)c(N2CCNCC2)c1.O=C(O)C(F)(F)F. The Morgan fingerprint density at radius 2 is 1.66 bits per heavy atom. The van der Waals surface area contributed by atoms with Crippen molar-refractivity contribution in [3.05, 3.63) is 47.5 Å². The minimum absolute atomic E-state index is 0.108. The molecule has 1 aliphatic heterocycles. The van der Waals surface area contributed by atoms with Crippen molar-refractivity contribution in [3.63, 3.8) is 0 Å². The van der Waals surface area contributed by atoms with Gasteiger partial charge in [-0.05, 0) is 43.2 Å². The van der Waals surface area contributed by atoms with Crippen LogP contribution in [0.5, 0.6) is 5.75 Å². The molecular formula is C21H24F5N3O5S. The van der Waals surface area contributed by atoms with Crippen LogP contribution in [0.4, 0.5) is 33.3 Å². The van der Waals surface area contributed by atoms with Gasteiger partial charge >= 0.3 is 18.8 Å². The molecule has 0 radical (unpaired) electrons. The molecule has 0 aromatic heterocycles. The van der Waals surface area contributed by atoms with Crippen LogP contribution in [-0.4, -0.2) is 58.5 Å². The number of carbonyl (C=O) groups is 1. The molecule has 194 valence electrons. The highest BCUT2D eigenvalue weighted by Gasteiger charge is 2.38. The van der Waals surface area contributed by atoms with Crippen molar-refractivity contribution < 1.29 is 45.0 Å². The van der Waals surface area contributed by atoms with Crippen molar-refractivity contribution in [3.8, 4) is 5.75 Å². The van der Waals surface area contributed by atoms with E-state index in [4.69, 9.17) is 9.90 Å². The summed E-state index contributed by atoms with van der Waals surface area (Å²) >= 11 is 0. The highest BCUT2D eigenvalue weighted by atomic mass is 32.2. The number of hydrogen-bond acceptors (Lipinski definition) is 6. The average Bonchev–Trinajstić information content (AvgIpc) is 2.76. The van der Waals surface area contributed by atoms with Gasteiger partial charge in [0.1, 0.15) is 5.75 Å². The quantitative estimate of drug-likeness (QED) is 0.493. The summed E-state index contributed by atoms with van der Waals surface area (Å²) in [5.41, 5.74) is 2.65. The molecule has 2 aromatic carbocycles. The second kappa shape index (κ2) is 11.5. The van der Waals surface area contributed by atoms with Crippen molar-refractivity contribution in [2.45, 2.75) is 31.5 Å². The van der Waals surface area contributed by atoms with Crippen LogP contribution in [-0.2, 0) is 14.8 Å². The lowest BCUT2D eigenvalue weighted by Gasteiger charge is -2.31. The Balaban J connectivity index is 0.000000540. The molecule has 0 amide bonds. The number of halogens is 5. The summed E-state index contributed by atoms with van der Waals surface area (Å²) in [7, 11) is -3.89. The largest absolute Gasteiger partial charge is 0.490 e. The van der Waals surface area contributed by atoms with Gasteiger partial charge in [0.25, 0.3) is 10.0 Å². The fourth-order valence-electron chi connectivity index (χ4n) is 3.09. The second-order valence-corrected chi connectivity index (χ2v) is 9.13. The van der Waals surface area contributed by atoms with Gasteiger partial charge in [-0.2, -0.15) is 22.0 Å². The number of anilines is 2. The Labute approximate surface area is 198 Å². The topological polar surface area (TPSA) is 108 Å². The molecule has 0 bridgehead atoms. The number of nitrogens with one attached hydrogen (secondary N) is 2. The summed E-state index contributed by atoms with van der Waals surface area (Å²) in [6.45, 7) is 3.91. The molecule has 14 heteroatoms. The van der Waals surface area contributed by atoms with E-state index in [0.29, 0.717) is 5.56 Å². The number of carboxylic acid groups (broad SMARTS) is 1. The first-order valence-corrected chi connectivity index (χ1v) is 11.6. The van der Waals surface area contributed by atoms with Crippen LogP contribution in [0.25, 0.3) is 0 Å². The Kier molecular flexibility index (Phi) is 9.26. The summed E-state index contributed by atoms with van der Waals surface area (Å²) in [6.07, 6.45) is -5.08. The molecule has 0 unspecified atom stereocenters. The third-order valence-electron chi connectivity index (χ3n) is 4.87. The minimum atomic E-state index is -5.08. The van der Waals surface area contributed by atoms with Crippen LogP contribution < -0.4 is 19.7 Å². The van der Waals surface area contributed by atoms with Gasteiger partial charge in [-0.25, -0.2) is 13.2 Å². The third-order valence-corrected chi connectivity index (χ3v) is 6.23. The van der Waals surface area contributed by atoms with E-state index in [2.05, 4.69) is 19.7 Å². The maximum absolute atomic E-state index is 12.9. The third kappa shape index (κ3) is 8.24. The molecule has 1 fully saturated rings. The Hall–Kier alpha value is -3.13. The standard InChI is InChI=1S/C19H23F2N3O3S.C2HF3O2/c1-13-3-5-15(27-19(20)21)11-17(13)23-28(25,26)16-6-4-14(2)18(12-16)24-9-7-22-8-10-24;3-2(4,5)1(6)7/h3-6,11-12,19,22-23H,7-10H2,1-2H3;(H,6,7). The molecule has 8 nitrogen and oxygen atoms in total. The van der Waals surface area contributed by atoms with Crippen LogP contribution in [0.15, 0.2) is 41.3 Å². The second-order valence-electron chi connectivity index (χ2n) is 7.45. The fourth-order valence-corrected chi connectivity index (χ4v) is 4.23. The van der Waals surface area contributed by atoms with Gasteiger partial charge in [-0.3, -0.25) is 4.72 Å². The van der Waals surface area contributed by atoms with Crippen molar-refractivity contribution in [2.75, 3.05) is 35.8 Å². The molecule has 0 spiro atoms. The molecule has 1 aliphatic rings. The van der Waals surface area contributed by atoms with Crippen molar-refractivity contribution in [1.29, 1.82) is 0 Å². The van der Waals surface area contributed by atoms with Crippen molar-refractivity contribution >= 4 is 27.4 Å². The molecule has 3 N–H and O–H groups in total. The lowest BCUT2D eigenvalue weighted by Crippen LogP contribution is -2.43. The van der Waals surface area contributed by atoms with Crippen LogP contribution in [0.1, 0.15) is 11.1 Å².